The van der Waals surface area contributed by atoms with E-state index < -0.39 is 10.8 Å². The van der Waals surface area contributed by atoms with Crippen LogP contribution in [0, 0.1) is 0 Å². The van der Waals surface area contributed by atoms with E-state index in [1.54, 1.807) is 19.1 Å². The highest BCUT2D eigenvalue weighted by molar-refractivity contribution is 8.01. The fourth-order valence-corrected chi connectivity index (χ4v) is 6.95. The first-order chi connectivity index (χ1) is 17.6. The van der Waals surface area contributed by atoms with Crippen molar-refractivity contribution in [2.75, 3.05) is 45.4 Å². The van der Waals surface area contributed by atoms with Crippen molar-refractivity contribution in [1.82, 2.24) is 4.90 Å². The van der Waals surface area contributed by atoms with Crippen LogP contribution in [0.25, 0.3) is 0 Å². The van der Waals surface area contributed by atoms with Crippen LogP contribution in [0.5, 0.6) is 11.5 Å². The van der Waals surface area contributed by atoms with Gasteiger partial charge in [0.2, 0.25) is 11.8 Å². The molecular weight excluding hydrogens is 496 g/mol. The average molecular weight is 525 g/mol. The van der Waals surface area contributed by atoms with Crippen molar-refractivity contribution >= 4 is 40.6 Å². The standard InChI is InChI=1S/C27H28N2O5S2/c1-32-21-5-3-19(4-6-21)25-27(26(31)28-12-14-34-15-13-28,36-23-9-7-22(33-2)8-10-23)17-24(30)29(25)20-11-16-35-18-20/h3-11,16,18,25H,12-15,17H2,1-2H3/t25-,27-/m1/s1. The molecule has 0 radical (unpaired) electrons. The van der Waals surface area contributed by atoms with Crippen molar-refractivity contribution in [2.45, 2.75) is 22.1 Å². The third-order valence-electron chi connectivity index (χ3n) is 6.62. The first-order valence-corrected chi connectivity index (χ1v) is 13.5. The second-order valence-corrected chi connectivity index (χ2v) is 10.9. The Morgan fingerprint density at radius 1 is 1.00 bits per heavy atom. The average Bonchev–Trinajstić information content (AvgIpc) is 3.55. The highest BCUT2D eigenvalue weighted by Gasteiger charge is 2.59. The van der Waals surface area contributed by atoms with Crippen LogP contribution >= 0.6 is 23.1 Å². The van der Waals surface area contributed by atoms with Gasteiger partial charge in [0.25, 0.3) is 0 Å². The predicted octanol–water partition coefficient (Wildman–Crippen LogP) is 4.63. The van der Waals surface area contributed by atoms with Crippen LogP contribution < -0.4 is 14.4 Å². The highest BCUT2D eigenvalue weighted by atomic mass is 32.2. The van der Waals surface area contributed by atoms with Gasteiger partial charge in [-0.3, -0.25) is 9.59 Å². The molecular formula is C27H28N2O5S2. The van der Waals surface area contributed by atoms with Gasteiger partial charge < -0.3 is 24.0 Å². The number of hydrogen-bond acceptors (Lipinski definition) is 7. The summed E-state index contributed by atoms with van der Waals surface area (Å²) < 4.78 is 15.2. The summed E-state index contributed by atoms with van der Waals surface area (Å²) in [5.41, 5.74) is 1.69. The molecule has 9 heteroatoms. The number of thiophene rings is 1. The maximum Gasteiger partial charge on any atom is 0.242 e. The van der Waals surface area contributed by atoms with E-state index in [-0.39, 0.29) is 18.2 Å². The summed E-state index contributed by atoms with van der Waals surface area (Å²) in [6.07, 6.45) is 0.0897. The summed E-state index contributed by atoms with van der Waals surface area (Å²) in [6, 6.07) is 16.8. The number of anilines is 1. The second-order valence-electron chi connectivity index (χ2n) is 8.67. The lowest BCUT2D eigenvalue weighted by atomic mass is 9.90. The van der Waals surface area contributed by atoms with E-state index >= 15 is 0 Å². The number of methoxy groups -OCH3 is 2. The monoisotopic (exact) mass is 524 g/mol. The summed E-state index contributed by atoms with van der Waals surface area (Å²) in [5, 5.41) is 3.91. The molecule has 2 saturated heterocycles. The van der Waals surface area contributed by atoms with E-state index in [1.807, 2.05) is 70.3 Å². The SMILES string of the molecule is COc1ccc(S[C@]2(C(=O)N3CCOCC3)CC(=O)N(c3ccsc3)[C@@H]2c2ccc(OC)cc2)cc1. The van der Waals surface area contributed by atoms with Crippen molar-refractivity contribution in [3.8, 4) is 11.5 Å². The summed E-state index contributed by atoms with van der Waals surface area (Å²) in [6.45, 7) is 1.99. The number of carbonyl (C=O) groups excluding carboxylic acids is 2. The summed E-state index contributed by atoms with van der Waals surface area (Å²) in [5.74, 6) is 1.34. The Labute approximate surface area is 218 Å². The molecule has 7 nitrogen and oxygen atoms in total. The fraction of sp³-hybridized carbons (Fsp3) is 0.333. The van der Waals surface area contributed by atoms with Gasteiger partial charge in [-0.05, 0) is 53.4 Å². The number of nitrogens with zero attached hydrogens (tertiary/aromatic N) is 2. The maximum atomic E-state index is 14.4. The minimum absolute atomic E-state index is 0.0430. The largest absolute Gasteiger partial charge is 0.497 e. The number of ether oxygens (including phenoxy) is 3. The van der Waals surface area contributed by atoms with Crippen LogP contribution in [0.15, 0.2) is 70.3 Å². The third kappa shape index (κ3) is 4.58. The molecule has 3 aromatic rings. The van der Waals surface area contributed by atoms with Crippen molar-refractivity contribution in [3.05, 3.63) is 70.9 Å². The minimum Gasteiger partial charge on any atom is -0.497 e. The first kappa shape index (κ1) is 24.7. The Balaban J connectivity index is 1.65. The van der Waals surface area contributed by atoms with Crippen LogP contribution in [0.4, 0.5) is 5.69 Å². The van der Waals surface area contributed by atoms with Gasteiger partial charge in [0.15, 0.2) is 0 Å². The number of morpholine rings is 1. The number of hydrogen-bond donors (Lipinski definition) is 0. The molecule has 3 heterocycles. The molecule has 0 bridgehead atoms. The lowest BCUT2D eigenvalue weighted by Crippen LogP contribution is -2.53. The van der Waals surface area contributed by atoms with Crippen LogP contribution in [0.3, 0.4) is 0 Å². The Kier molecular flexibility index (Phi) is 7.22. The zero-order chi connectivity index (χ0) is 25.1. The first-order valence-electron chi connectivity index (χ1n) is 11.7. The van der Waals surface area contributed by atoms with Crippen molar-refractivity contribution in [2.24, 2.45) is 0 Å². The molecule has 2 aliphatic heterocycles. The van der Waals surface area contributed by atoms with Crippen LogP contribution in [0.1, 0.15) is 18.0 Å². The molecule has 2 amide bonds. The molecule has 0 N–H and O–H groups in total. The number of rotatable bonds is 7. The normalized spacial score (nSPS) is 22.1. The molecule has 2 aromatic carbocycles. The van der Waals surface area contributed by atoms with E-state index in [1.165, 1.54) is 23.1 Å². The van der Waals surface area contributed by atoms with Crippen LogP contribution in [-0.4, -0.2) is 62.0 Å². The molecule has 36 heavy (non-hydrogen) atoms. The Hall–Kier alpha value is -3.01. The van der Waals surface area contributed by atoms with Gasteiger partial charge in [0.1, 0.15) is 16.2 Å². The second kappa shape index (κ2) is 10.5. The van der Waals surface area contributed by atoms with E-state index in [2.05, 4.69) is 0 Å². The molecule has 2 aliphatic rings. The number of benzene rings is 2. The van der Waals surface area contributed by atoms with E-state index in [4.69, 9.17) is 14.2 Å². The van der Waals surface area contributed by atoms with Gasteiger partial charge in [-0.25, -0.2) is 0 Å². The molecule has 0 saturated carbocycles. The highest BCUT2D eigenvalue weighted by Crippen LogP contribution is 2.55. The van der Waals surface area contributed by atoms with Crippen molar-refractivity contribution in [3.63, 3.8) is 0 Å². The molecule has 1 aromatic heterocycles. The lowest BCUT2D eigenvalue weighted by molar-refractivity contribution is -0.138. The zero-order valence-electron chi connectivity index (χ0n) is 20.2. The molecule has 2 atom stereocenters. The molecule has 0 aliphatic carbocycles. The topological polar surface area (TPSA) is 68.3 Å². The molecule has 2 fully saturated rings. The van der Waals surface area contributed by atoms with Crippen molar-refractivity contribution < 1.29 is 23.8 Å². The minimum atomic E-state index is -1.07. The summed E-state index contributed by atoms with van der Waals surface area (Å²) in [4.78, 5) is 32.7. The van der Waals surface area contributed by atoms with Crippen LogP contribution in [0.2, 0.25) is 0 Å². The molecule has 0 spiro atoms. The number of amides is 2. The molecule has 5 rings (SSSR count). The van der Waals surface area contributed by atoms with Gasteiger partial charge in [-0.15, -0.1) is 11.8 Å². The zero-order valence-corrected chi connectivity index (χ0v) is 21.8. The smallest absolute Gasteiger partial charge is 0.242 e. The Morgan fingerprint density at radius 3 is 2.22 bits per heavy atom. The Bertz CT molecular complexity index is 1190. The van der Waals surface area contributed by atoms with Crippen LogP contribution in [-0.2, 0) is 14.3 Å². The molecule has 0 unspecified atom stereocenters. The Morgan fingerprint density at radius 2 is 1.64 bits per heavy atom. The fourth-order valence-electron chi connectivity index (χ4n) is 4.87. The van der Waals surface area contributed by atoms with Gasteiger partial charge in [-0.2, -0.15) is 11.3 Å². The van der Waals surface area contributed by atoms with Gasteiger partial charge >= 0.3 is 0 Å². The van der Waals surface area contributed by atoms with Gasteiger partial charge in [-0.1, -0.05) is 12.1 Å². The number of carbonyl (C=O) groups is 2. The van der Waals surface area contributed by atoms with Crippen molar-refractivity contribution in [1.29, 1.82) is 0 Å². The van der Waals surface area contributed by atoms with E-state index in [0.29, 0.717) is 26.3 Å². The lowest BCUT2D eigenvalue weighted by Gasteiger charge is -2.40. The maximum absolute atomic E-state index is 14.4. The van der Waals surface area contributed by atoms with E-state index in [9.17, 15) is 9.59 Å². The number of thioether (sulfide) groups is 1. The summed E-state index contributed by atoms with van der Waals surface area (Å²) in [7, 11) is 3.25. The quantitative estimate of drug-likeness (QED) is 0.449. The van der Waals surface area contributed by atoms with Gasteiger partial charge in [0.05, 0.1) is 45.6 Å². The third-order valence-corrected chi connectivity index (χ3v) is 8.70. The summed E-state index contributed by atoms with van der Waals surface area (Å²) >= 11 is 2.99. The predicted molar refractivity (Wildman–Crippen MR) is 141 cm³/mol. The molecule has 188 valence electrons. The van der Waals surface area contributed by atoms with E-state index in [0.717, 1.165) is 27.6 Å². The van der Waals surface area contributed by atoms with Gasteiger partial charge in [0, 0.05) is 23.4 Å².